The van der Waals surface area contributed by atoms with Crippen LogP contribution in [0.15, 0.2) is 30.5 Å². The molecule has 2 heteroatoms. The normalized spacial score (nSPS) is 18.3. The Bertz CT molecular complexity index is 364. The summed E-state index contributed by atoms with van der Waals surface area (Å²) in [5.74, 6) is 0.0888. The first kappa shape index (κ1) is 7.10. The molecule has 1 aromatic rings. The van der Waals surface area contributed by atoms with Gasteiger partial charge in [-0.1, -0.05) is 24.3 Å². The molecule has 1 aliphatic carbocycles. The number of carbonyl (C=O) groups is 1. The zero-order valence-corrected chi connectivity index (χ0v) is 6.45. The molecule has 0 saturated heterocycles. The fraction of sp³-hybridized carbons (Fsp3) is 0.100. The molecule has 0 saturated carbocycles. The van der Waals surface area contributed by atoms with Crippen LogP contribution < -0.4 is 0 Å². The van der Waals surface area contributed by atoms with Crippen molar-refractivity contribution in [1.29, 1.82) is 0 Å². The number of allylic oxidation sites excluding steroid dienone is 1. The Morgan fingerprint density at radius 1 is 1.25 bits per heavy atom. The number of ketones is 1. The van der Waals surface area contributed by atoms with E-state index in [0.29, 0.717) is 6.42 Å². The smallest absolute Gasteiger partial charge is 0.167 e. The minimum absolute atomic E-state index is 0.0888. The van der Waals surface area contributed by atoms with Crippen molar-refractivity contribution in [2.45, 2.75) is 6.42 Å². The van der Waals surface area contributed by atoms with Crippen LogP contribution in [0, 0.1) is 0 Å². The first-order valence-electron chi connectivity index (χ1n) is 3.79. The van der Waals surface area contributed by atoms with Gasteiger partial charge in [0.1, 0.15) is 0 Å². The molecule has 2 nitrogen and oxygen atoms in total. The van der Waals surface area contributed by atoms with Gasteiger partial charge in [-0.2, -0.15) is 0 Å². The van der Waals surface area contributed by atoms with E-state index in [1.54, 1.807) is 6.07 Å². The maximum Gasteiger partial charge on any atom is 0.167 e. The standard InChI is InChI=1S/C10H8O2/c11-6-7-5-10(12)9-4-2-1-3-8(7)9/h1-4,6,11H,5H2/b7-6+. The molecule has 0 fully saturated rings. The summed E-state index contributed by atoms with van der Waals surface area (Å²) in [7, 11) is 0. The molecular weight excluding hydrogens is 152 g/mol. The quantitative estimate of drug-likeness (QED) is 0.590. The molecule has 0 aromatic heterocycles. The van der Waals surface area contributed by atoms with Gasteiger partial charge in [-0.3, -0.25) is 4.79 Å². The largest absolute Gasteiger partial charge is 0.515 e. The minimum atomic E-state index is 0.0888. The van der Waals surface area contributed by atoms with Crippen molar-refractivity contribution < 1.29 is 9.90 Å². The van der Waals surface area contributed by atoms with Gasteiger partial charge in [0.05, 0.1) is 6.26 Å². The summed E-state index contributed by atoms with van der Waals surface area (Å²) in [6.07, 6.45) is 1.35. The van der Waals surface area contributed by atoms with Crippen LogP contribution in [0.4, 0.5) is 0 Å². The van der Waals surface area contributed by atoms with E-state index in [1.165, 1.54) is 0 Å². The summed E-state index contributed by atoms with van der Waals surface area (Å²) >= 11 is 0. The van der Waals surface area contributed by atoms with Gasteiger partial charge in [-0.05, 0) is 5.56 Å². The van der Waals surface area contributed by atoms with Crippen molar-refractivity contribution in [3.8, 4) is 0 Å². The number of fused-ring (bicyclic) bond motifs is 1. The first-order valence-corrected chi connectivity index (χ1v) is 3.79. The third kappa shape index (κ3) is 0.848. The maximum absolute atomic E-state index is 11.3. The fourth-order valence-electron chi connectivity index (χ4n) is 1.48. The Morgan fingerprint density at radius 2 is 1.92 bits per heavy atom. The molecule has 0 spiro atoms. The molecule has 0 unspecified atom stereocenters. The number of rotatable bonds is 0. The lowest BCUT2D eigenvalue weighted by Crippen LogP contribution is -1.88. The summed E-state index contributed by atoms with van der Waals surface area (Å²) in [5, 5.41) is 8.82. The molecule has 12 heavy (non-hydrogen) atoms. The highest BCUT2D eigenvalue weighted by Gasteiger charge is 2.22. The molecule has 1 N–H and O–H groups in total. The Kier molecular flexibility index (Phi) is 1.47. The summed E-state index contributed by atoms with van der Waals surface area (Å²) in [5.41, 5.74) is 2.30. The third-order valence-electron chi connectivity index (χ3n) is 2.08. The van der Waals surface area contributed by atoms with E-state index in [9.17, 15) is 4.79 Å². The van der Waals surface area contributed by atoms with Gasteiger partial charge >= 0.3 is 0 Å². The molecule has 0 atom stereocenters. The molecule has 0 amide bonds. The number of hydrogen-bond acceptors (Lipinski definition) is 2. The zero-order valence-electron chi connectivity index (χ0n) is 6.45. The predicted octanol–water partition coefficient (Wildman–Crippen LogP) is 2.17. The van der Waals surface area contributed by atoms with Gasteiger partial charge in [-0.15, -0.1) is 0 Å². The van der Waals surface area contributed by atoms with Crippen molar-refractivity contribution >= 4 is 11.4 Å². The Balaban J connectivity index is 2.65. The second-order valence-corrected chi connectivity index (χ2v) is 2.80. The van der Waals surface area contributed by atoms with Crippen LogP contribution in [0.3, 0.4) is 0 Å². The van der Waals surface area contributed by atoms with Gasteiger partial charge in [-0.25, -0.2) is 0 Å². The van der Waals surface area contributed by atoms with E-state index in [4.69, 9.17) is 5.11 Å². The number of aliphatic hydroxyl groups is 1. The van der Waals surface area contributed by atoms with E-state index < -0.39 is 0 Å². The highest BCUT2D eigenvalue weighted by Crippen LogP contribution is 2.30. The SMILES string of the molecule is O=C1C/C(=C\O)c2ccccc21. The summed E-state index contributed by atoms with van der Waals surface area (Å²) in [6.45, 7) is 0. The van der Waals surface area contributed by atoms with Crippen LogP contribution in [0.25, 0.3) is 5.57 Å². The molecule has 0 bridgehead atoms. The Labute approximate surface area is 70.2 Å². The molecule has 0 aliphatic heterocycles. The lowest BCUT2D eigenvalue weighted by molar-refractivity contribution is 0.100. The molecule has 1 aromatic carbocycles. The van der Waals surface area contributed by atoms with E-state index >= 15 is 0 Å². The van der Waals surface area contributed by atoms with Crippen molar-refractivity contribution in [2.75, 3.05) is 0 Å². The molecule has 0 radical (unpaired) electrons. The van der Waals surface area contributed by atoms with Gasteiger partial charge in [0.25, 0.3) is 0 Å². The molecule has 1 aliphatic rings. The van der Waals surface area contributed by atoms with Crippen LogP contribution in [-0.2, 0) is 0 Å². The van der Waals surface area contributed by atoms with Gasteiger partial charge in [0, 0.05) is 17.6 Å². The Morgan fingerprint density at radius 3 is 2.58 bits per heavy atom. The van der Waals surface area contributed by atoms with Crippen LogP contribution in [0.5, 0.6) is 0 Å². The van der Waals surface area contributed by atoms with Gasteiger partial charge in [0.2, 0.25) is 0 Å². The second kappa shape index (κ2) is 2.48. The number of aliphatic hydroxyl groups excluding tert-OH is 1. The number of Topliss-reactive ketones (excluding diaryl/α,β-unsaturated/α-hetero) is 1. The van der Waals surface area contributed by atoms with Crippen LogP contribution in [-0.4, -0.2) is 10.9 Å². The van der Waals surface area contributed by atoms with Gasteiger partial charge in [0.15, 0.2) is 5.78 Å². The second-order valence-electron chi connectivity index (χ2n) is 2.80. The molecule has 2 rings (SSSR count). The lowest BCUT2D eigenvalue weighted by atomic mass is 10.1. The maximum atomic E-state index is 11.3. The van der Waals surface area contributed by atoms with E-state index in [0.717, 1.165) is 23.0 Å². The number of hydrogen-bond donors (Lipinski definition) is 1. The first-order chi connectivity index (χ1) is 5.83. The van der Waals surface area contributed by atoms with Crippen LogP contribution in [0.2, 0.25) is 0 Å². The monoisotopic (exact) mass is 160 g/mol. The molecule has 60 valence electrons. The highest BCUT2D eigenvalue weighted by atomic mass is 16.2. The van der Waals surface area contributed by atoms with Crippen LogP contribution in [0.1, 0.15) is 22.3 Å². The molecular formula is C10H8O2. The summed E-state index contributed by atoms with van der Waals surface area (Å²) in [6, 6.07) is 7.33. The van der Waals surface area contributed by atoms with Crippen molar-refractivity contribution in [2.24, 2.45) is 0 Å². The zero-order chi connectivity index (χ0) is 8.55. The Hall–Kier alpha value is -1.57. The topological polar surface area (TPSA) is 37.3 Å². The molecule has 0 heterocycles. The number of carbonyl (C=O) groups excluding carboxylic acids is 1. The predicted molar refractivity (Wildman–Crippen MR) is 46.0 cm³/mol. The van der Waals surface area contributed by atoms with Crippen molar-refractivity contribution in [3.63, 3.8) is 0 Å². The average molecular weight is 160 g/mol. The minimum Gasteiger partial charge on any atom is -0.515 e. The average Bonchev–Trinajstić information content (AvgIpc) is 2.44. The summed E-state index contributed by atoms with van der Waals surface area (Å²) in [4.78, 5) is 11.3. The number of benzene rings is 1. The fourth-order valence-corrected chi connectivity index (χ4v) is 1.48. The highest BCUT2D eigenvalue weighted by molar-refractivity contribution is 6.11. The van der Waals surface area contributed by atoms with Crippen LogP contribution >= 0.6 is 0 Å². The van der Waals surface area contributed by atoms with Gasteiger partial charge < -0.3 is 5.11 Å². The summed E-state index contributed by atoms with van der Waals surface area (Å²) < 4.78 is 0. The van der Waals surface area contributed by atoms with Crippen molar-refractivity contribution in [3.05, 3.63) is 41.7 Å². The van der Waals surface area contributed by atoms with Crippen molar-refractivity contribution in [1.82, 2.24) is 0 Å². The van der Waals surface area contributed by atoms with E-state index in [1.807, 2.05) is 18.2 Å². The van der Waals surface area contributed by atoms with E-state index in [-0.39, 0.29) is 5.78 Å². The lowest BCUT2D eigenvalue weighted by Gasteiger charge is -1.95. The third-order valence-corrected chi connectivity index (χ3v) is 2.08. The van der Waals surface area contributed by atoms with E-state index in [2.05, 4.69) is 0 Å².